The molecule has 1 spiro atoms. The number of nitrogens with zero attached hydrogens (tertiary/aromatic N) is 2. The SMILES string of the molecule is CN1C(=O)[C@@]2(CCN(C(=O)CCc3ccccc3)C2)c2ccccc21. The van der Waals surface area contributed by atoms with Gasteiger partial charge in [-0.2, -0.15) is 0 Å². The summed E-state index contributed by atoms with van der Waals surface area (Å²) in [6, 6.07) is 18.0. The maximum Gasteiger partial charge on any atom is 0.239 e. The quantitative estimate of drug-likeness (QED) is 0.866. The van der Waals surface area contributed by atoms with Crippen molar-refractivity contribution in [2.24, 2.45) is 0 Å². The normalized spacial score (nSPS) is 21.9. The van der Waals surface area contributed by atoms with Crippen LogP contribution in [0.5, 0.6) is 0 Å². The Bertz CT molecular complexity index is 818. The summed E-state index contributed by atoms with van der Waals surface area (Å²) in [6.07, 6.45) is 1.95. The first-order chi connectivity index (χ1) is 12.1. The van der Waals surface area contributed by atoms with Crippen LogP contribution in [0.2, 0.25) is 0 Å². The molecular formula is C21H22N2O2. The van der Waals surface area contributed by atoms with Crippen LogP contribution in [-0.2, 0) is 21.4 Å². The number of carbonyl (C=O) groups excluding carboxylic acids is 2. The predicted octanol–water partition coefficient (Wildman–Crippen LogP) is 2.77. The van der Waals surface area contributed by atoms with E-state index in [1.54, 1.807) is 4.90 Å². The number of aryl methyl sites for hydroxylation is 1. The fraction of sp³-hybridized carbons (Fsp3) is 0.333. The molecule has 128 valence electrons. The van der Waals surface area contributed by atoms with Gasteiger partial charge >= 0.3 is 0 Å². The van der Waals surface area contributed by atoms with Gasteiger partial charge in [0.15, 0.2) is 0 Å². The van der Waals surface area contributed by atoms with Crippen LogP contribution in [0.25, 0.3) is 0 Å². The predicted molar refractivity (Wildman–Crippen MR) is 97.5 cm³/mol. The Hall–Kier alpha value is -2.62. The molecule has 0 bridgehead atoms. The summed E-state index contributed by atoms with van der Waals surface area (Å²) >= 11 is 0. The van der Waals surface area contributed by atoms with E-state index in [4.69, 9.17) is 0 Å². The maximum atomic E-state index is 12.9. The molecule has 25 heavy (non-hydrogen) atoms. The highest BCUT2D eigenvalue weighted by Gasteiger charge is 2.53. The van der Waals surface area contributed by atoms with E-state index in [1.807, 2.05) is 66.5 Å². The fourth-order valence-corrected chi connectivity index (χ4v) is 4.19. The Balaban J connectivity index is 1.49. The van der Waals surface area contributed by atoms with Crippen LogP contribution in [0.15, 0.2) is 54.6 Å². The van der Waals surface area contributed by atoms with Gasteiger partial charge in [0.05, 0.1) is 5.41 Å². The number of hydrogen-bond donors (Lipinski definition) is 0. The van der Waals surface area contributed by atoms with Crippen LogP contribution in [0.3, 0.4) is 0 Å². The zero-order chi connectivity index (χ0) is 17.4. The van der Waals surface area contributed by atoms with E-state index in [0.717, 1.165) is 17.7 Å². The first-order valence-electron chi connectivity index (χ1n) is 8.81. The van der Waals surface area contributed by atoms with Gasteiger partial charge in [-0.3, -0.25) is 9.59 Å². The first-order valence-corrected chi connectivity index (χ1v) is 8.81. The highest BCUT2D eigenvalue weighted by Crippen LogP contribution is 2.46. The van der Waals surface area contributed by atoms with E-state index in [0.29, 0.717) is 25.9 Å². The van der Waals surface area contributed by atoms with Crippen molar-refractivity contribution in [3.05, 3.63) is 65.7 Å². The number of amides is 2. The number of likely N-dealkylation sites (N-methyl/N-ethyl adjacent to an activating group) is 1. The third-order valence-electron chi connectivity index (χ3n) is 5.59. The van der Waals surface area contributed by atoms with E-state index < -0.39 is 5.41 Å². The Morgan fingerprint density at radius 3 is 2.60 bits per heavy atom. The molecular weight excluding hydrogens is 312 g/mol. The van der Waals surface area contributed by atoms with Crippen molar-refractivity contribution >= 4 is 17.5 Å². The van der Waals surface area contributed by atoms with Gasteiger partial charge in [0.2, 0.25) is 11.8 Å². The van der Waals surface area contributed by atoms with Crippen molar-refractivity contribution in [2.75, 3.05) is 25.0 Å². The number of para-hydroxylation sites is 1. The van der Waals surface area contributed by atoms with Gasteiger partial charge in [-0.1, -0.05) is 48.5 Å². The van der Waals surface area contributed by atoms with Gasteiger partial charge in [-0.05, 0) is 30.0 Å². The van der Waals surface area contributed by atoms with Gasteiger partial charge in [0, 0.05) is 32.2 Å². The first kappa shape index (κ1) is 15.9. The molecule has 4 rings (SSSR count). The van der Waals surface area contributed by atoms with Crippen molar-refractivity contribution in [3.8, 4) is 0 Å². The van der Waals surface area contributed by atoms with E-state index in [2.05, 4.69) is 0 Å². The second kappa shape index (κ2) is 6.03. The molecule has 0 unspecified atom stereocenters. The number of fused-ring (bicyclic) bond motifs is 2. The molecule has 2 aromatic rings. The molecule has 0 aromatic heterocycles. The smallest absolute Gasteiger partial charge is 0.239 e. The number of carbonyl (C=O) groups is 2. The van der Waals surface area contributed by atoms with E-state index in [1.165, 1.54) is 5.56 Å². The minimum Gasteiger partial charge on any atom is -0.341 e. The molecule has 1 fully saturated rings. The lowest BCUT2D eigenvalue weighted by atomic mass is 9.81. The lowest BCUT2D eigenvalue weighted by molar-refractivity contribution is -0.130. The van der Waals surface area contributed by atoms with Gasteiger partial charge < -0.3 is 9.80 Å². The van der Waals surface area contributed by atoms with Gasteiger partial charge in [-0.15, -0.1) is 0 Å². The van der Waals surface area contributed by atoms with E-state index >= 15 is 0 Å². The number of rotatable bonds is 3. The second-order valence-electron chi connectivity index (χ2n) is 7.01. The lowest BCUT2D eigenvalue weighted by Crippen LogP contribution is -2.42. The standard InChI is InChI=1S/C21H22N2O2/c1-22-18-10-6-5-9-17(18)21(20(22)25)13-14-23(15-21)19(24)12-11-16-7-3-2-4-8-16/h2-10H,11-15H2,1H3/t21-/m1/s1. The average Bonchev–Trinajstić information content (AvgIpc) is 3.19. The van der Waals surface area contributed by atoms with Crippen LogP contribution in [0.1, 0.15) is 24.0 Å². The number of hydrogen-bond acceptors (Lipinski definition) is 2. The van der Waals surface area contributed by atoms with Crippen molar-refractivity contribution in [2.45, 2.75) is 24.7 Å². The minimum absolute atomic E-state index is 0.118. The summed E-state index contributed by atoms with van der Waals surface area (Å²) in [5, 5.41) is 0. The monoisotopic (exact) mass is 334 g/mol. The Morgan fingerprint density at radius 2 is 1.80 bits per heavy atom. The average molecular weight is 334 g/mol. The molecule has 2 aliphatic heterocycles. The largest absolute Gasteiger partial charge is 0.341 e. The Labute approximate surface area is 148 Å². The van der Waals surface area contributed by atoms with Crippen molar-refractivity contribution in [1.82, 2.24) is 4.90 Å². The molecule has 2 aliphatic rings. The summed E-state index contributed by atoms with van der Waals surface area (Å²) < 4.78 is 0. The summed E-state index contributed by atoms with van der Waals surface area (Å²) in [5.74, 6) is 0.257. The molecule has 1 saturated heterocycles. The van der Waals surface area contributed by atoms with Crippen LogP contribution in [0.4, 0.5) is 5.69 Å². The summed E-state index contributed by atoms with van der Waals surface area (Å²) in [4.78, 5) is 29.2. The highest BCUT2D eigenvalue weighted by atomic mass is 16.2. The van der Waals surface area contributed by atoms with Crippen molar-refractivity contribution < 1.29 is 9.59 Å². The summed E-state index contributed by atoms with van der Waals surface area (Å²) in [6.45, 7) is 1.16. The van der Waals surface area contributed by atoms with Crippen LogP contribution >= 0.6 is 0 Å². The molecule has 2 heterocycles. The second-order valence-corrected chi connectivity index (χ2v) is 7.01. The van der Waals surface area contributed by atoms with Gasteiger partial charge in [0.1, 0.15) is 0 Å². The topological polar surface area (TPSA) is 40.6 Å². The number of anilines is 1. The van der Waals surface area contributed by atoms with E-state index in [9.17, 15) is 9.59 Å². The molecule has 0 aliphatic carbocycles. The molecule has 2 amide bonds. The molecule has 4 heteroatoms. The number of likely N-dealkylation sites (tertiary alicyclic amines) is 1. The third-order valence-corrected chi connectivity index (χ3v) is 5.59. The van der Waals surface area contributed by atoms with E-state index in [-0.39, 0.29) is 11.8 Å². The lowest BCUT2D eigenvalue weighted by Gasteiger charge is -2.23. The highest BCUT2D eigenvalue weighted by molar-refractivity contribution is 6.08. The minimum atomic E-state index is -0.548. The molecule has 4 nitrogen and oxygen atoms in total. The maximum absolute atomic E-state index is 12.9. The van der Waals surface area contributed by atoms with Crippen molar-refractivity contribution in [3.63, 3.8) is 0 Å². The molecule has 2 aromatic carbocycles. The molecule has 0 N–H and O–H groups in total. The summed E-state index contributed by atoms with van der Waals surface area (Å²) in [7, 11) is 1.83. The van der Waals surface area contributed by atoms with Gasteiger partial charge in [-0.25, -0.2) is 0 Å². The van der Waals surface area contributed by atoms with Crippen LogP contribution < -0.4 is 4.90 Å². The zero-order valence-corrected chi connectivity index (χ0v) is 14.4. The summed E-state index contributed by atoms with van der Waals surface area (Å²) in [5.41, 5.74) is 2.67. The molecule has 0 saturated carbocycles. The fourth-order valence-electron chi connectivity index (χ4n) is 4.19. The number of benzene rings is 2. The van der Waals surface area contributed by atoms with Crippen LogP contribution in [0, 0.1) is 0 Å². The van der Waals surface area contributed by atoms with Crippen molar-refractivity contribution in [1.29, 1.82) is 0 Å². The zero-order valence-electron chi connectivity index (χ0n) is 14.4. The molecule has 1 atom stereocenters. The molecule has 0 radical (unpaired) electrons. The Morgan fingerprint density at radius 1 is 1.08 bits per heavy atom. The van der Waals surface area contributed by atoms with Gasteiger partial charge in [0.25, 0.3) is 0 Å². The van der Waals surface area contributed by atoms with Crippen LogP contribution in [-0.4, -0.2) is 36.9 Å². The third kappa shape index (κ3) is 2.53. The Kier molecular flexibility index (Phi) is 3.83.